The highest BCUT2D eigenvalue weighted by atomic mass is 19.1. The molecule has 4 aliphatic heterocycles. The molecule has 0 spiro atoms. The molecule has 6 aromatic heterocycles. The average Bonchev–Trinajstić information content (AvgIpc) is 4.12. The van der Waals surface area contributed by atoms with Crippen LogP contribution in [0.2, 0.25) is 0 Å². The number of carbonyl (C=O) groups excluding carboxylic acids is 2. The van der Waals surface area contributed by atoms with E-state index in [1.165, 1.54) is 9.58 Å². The molecule has 2 bridgehead atoms. The first-order valence-electron chi connectivity index (χ1n) is 23.8. The number of ether oxygens (including phenoxy) is 1. The van der Waals surface area contributed by atoms with Gasteiger partial charge in [0, 0.05) is 107 Å². The number of hydrogen-bond donors (Lipinski definition) is 1. The Labute approximate surface area is 396 Å². The van der Waals surface area contributed by atoms with Crippen LogP contribution in [0.1, 0.15) is 49.4 Å². The predicted molar refractivity (Wildman–Crippen MR) is 254 cm³/mol. The molecule has 4 saturated heterocycles. The van der Waals surface area contributed by atoms with Crippen molar-refractivity contribution in [2.75, 3.05) is 73.7 Å². The summed E-state index contributed by atoms with van der Waals surface area (Å²) in [6.45, 7) is 6.95. The summed E-state index contributed by atoms with van der Waals surface area (Å²) in [6, 6.07) is 16.6. The molecule has 19 nitrogen and oxygen atoms in total. The summed E-state index contributed by atoms with van der Waals surface area (Å²) >= 11 is 0. The van der Waals surface area contributed by atoms with Gasteiger partial charge < -0.3 is 14.5 Å². The molecule has 1 saturated carbocycles. The van der Waals surface area contributed by atoms with Crippen LogP contribution in [0.4, 0.5) is 26.5 Å². The summed E-state index contributed by atoms with van der Waals surface area (Å²) in [7, 11) is 1.68. The molecule has 69 heavy (non-hydrogen) atoms. The van der Waals surface area contributed by atoms with Crippen LogP contribution < -0.4 is 20.0 Å². The number of halogens is 1. The first-order valence-corrected chi connectivity index (χ1v) is 23.8. The summed E-state index contributed by atoms with van der Waals surface area (Å²) in [5.41, 5.74) is 6.00. The van der Waals surface area contributed by atoms with E-state index in [0.29, 0.717) is 77.2 Å². The highest BCUT2D eigenvalue weighted by Crippen LogP contribution is 2.37. The molecule has 20 heteroatoms. The van der Waals surface area contributed by atoms with Gasteiger partial charge in [0.15, 0.2) is 11.6 Å². The van der Waals surface area contributed by atoms with Crippen LogP contribution in [0.3, 0.4) is 0 Å². The van der Waals surface area contributed by atoms with Gasteiger partial charge in [-0.3, -0.25) is 39.2 Å². The Morgan fingerprint density at radius 3 is 2.38 bits per heavy atom. The Hall–Kier alpha value is -7.34. The van der Waals surface area contributed by atoms with Crippen molar-refractivity contribution in [3.63, 3.8) is 0 Å². The number of benzene rings is 1. The molecule has 1 N–H and O–H groups in total. The third-order valence-electron chi connectivity index (χ3n) is 14.8. The molecule has 0 radical (unpaired) electrons. The number of rotatable bonds is 9. The summed E-state index contributed by atoms with van der Waals surface area (Å²) in [6.07, 6.45) is 15.3. The molecule has 1 aromatic carbocycles. The maximum atomic E-state index is 16.2. The van der Waals surface area contributed by atoms with E-state index in [1.54, 1.807) is 23.8 Å². The van der Waals surface area contributed by atoms with Gasteiger partial charge in [-0.25, -0.2) is 23.7 Å². The van der Waals surface area contributed by atoms with E-state index < -0.39 is 6.03 Å². The van der Waals surface area contributed by atoms with Crippen molar-refractivity contribution in [2.24, 2.45) is 7.05 Å². The van der Waals surface area contributed by atoms with Crippen LogP contribution in [0.25, 0.3) is 38.9 Å². The first-order chi connectivity index (χ1) is 33.8. The van der Waals surface area contributed by atoms with Crippen LogP contribution in [0, 0.1) is 17.1 Å². The fraction of sp³-hybridized carbons (Fsp3) is 0.408. The fourth-order valence-corrected chi connectivity index (χ4v) is 11.2. The standard InChI is InChI=1S/C49H51FN16O3/c1-59-47-39(48(58-59)63-15-13-43(67)57-49(63)68)10-11-41(44(47)50)61-18-16-60(17-19-61)35-6-8-36(9-7-35)65-24-33(23-54-65)40-28-66-46(32(20-51)22-55-66)45(56-40)31-5-12-42(53-21-31)62-26-37-29-69-30-38(27-62)64(37)25-34-4-2-3-14-52-34/h2-5,10-12,14,21-24,28,35-38H,6-9,13,15-19,25-27,29-30H2,1H3,(H,57,67,68)/t35-,36-,37-,38+. The number of nitriles is 1. The third-order valence-corrected chi connectivity index (χ3v) is 14.8. The molecule has 2 atom stereocenters. The maximum absolute atomic E-state index is 16.2. The van der Waals surface area contributed by atoms with Crippen molar-refractivity contribution in [3.8, 4) is 28.6 Å². The maximum Gasteiger partial charge on any atom is 0.329 e. The summed E-state index contributed by atoms with van der Waals surface area (Å²) in [5, 5.41) is 26.8. The Morgan fingerprint density at radius 2 is 1.64 bits per heavy atom. The molecular formula is C49H51FN16O3. The number of aryl methyl sites for hydroxylation is 1. The molecule has 10 heterocycles. The number of carbonyl (C=O) groups is 2. The van der Waals surface area contributed by atoms with Gasteiger partial charge in [-0.05, 0) is 62.1 Å². The number of pyridine rings is 2. The number of hydrogen-bond acceptors (Lipinski definition) is 14. The van der Waals surface area contributed by atoms with Crippen molar-refractivity contribution < 1.29 is 18.7 Å². The second-order valence-electron chi connectivity index (χ2n) is 18.8. The Bertz CT molecular complexity index is 3100. The lowest BCUT2D eigenvalue weighted by Crippen LogP contribution is -2.64. The summed E-state index contributed by atoms with van der Waals surface area (Å²) in [5.74, 6) is 0.549. The van der Waals surface area contributed by atoms with Gasteiger partial charge in [0.1, 0.15) is 28.5 Å². The van der Waals surface area contributed by atoms with Gasteiger partial charge in [-0.15, -0.1) is 0 Å². The number of nitrogens with zero attached hydrogens (tertiary/aromatic N) is 15. The lowest BCUT2D eigenvalue weighted by atomic mass is 9.90. The second-order valence-corrected chi connectivity index (χ2v) is 18.8. The van der Waals surface area contributed by atoms with Crippen molar-refractivity contribution >= 4 is 45.7 Å². The van der Waals surface area contributed by atoms with Crippen LogP contribution in [0.15, 0.2) is 79.6 Å². The number of piperazine rings is 2. The quantitative estimate of drug-likeness (QED) is 0.208. The molecule has 5 fully saturated rings. The Morgan fingerprint density at radius 1 is 0.826 bits per heavy atom. The second kappa shape index (κ2) is 17.6. The number of amides is 3. The van der Waals surface area contributed by atoms with Gasteiger partial charge in [0.25, 0.3) is 0 Å². The van der Waals surface area contributed by atoms with Crippen molar-refractivity contribution in [2.45, 2.75) is 62.8 Å². The number of anilines is 3. The Balaban J connectivity index is 0.696. The predicted octanol–water partition coefficient (Wildman–Crippen LogP) is 4.79. The highest BCUT2D eigenvalue weighted by molar-refractivity contribution is 6.09. The van der Waals surface area contributed by atoms with Crippen molar-refractivity contribution in [1.29, 1.82) is 5.26 Å². The smallest absolute Gasteiger partial charge is 0.329 e. The minimum atomic E-state index is -0.546. The minimum Gasteiger partial charge on any atom is -0.378 e. The number of aromatic nitrogens is 9. The zero-order valence-electron chi connectivity index (χ0n) is 38.2. The first kappa shape index (κ1) is 43.0. The molecular weight excluding hydrogens is 880 g/mol. The molecule has 3 amide bonds. The van der Waals surface area contributed by atoms with E-state index >= 15 is 4.39 Å². The number of morpholine rings is 1. The monoisotopic (exact) mass is 930 g/mol. The van der Waals surface area contributed by atoms with Gasteiger partial charge in [0.2, 0.25) is 5.91 Å². The molecule has 12 rings (SSSR count). The number of fused-ring (bicyclic) bond motifs is 4. The SMILES string of the molecule is Cn1nc(N2CCC(=O)NC2=O)c2ccc(N3CCN([C@H]4CC[C@H](n5cc(-c6cn7ncc(C#N)c7c(-c7ccc(N8C[C@H]9COC[C@@H](C8)N9Cc8ccccn8)nc7)n6)cn5)CC4)CC3)c(F)c21. The van der Waals surface area contributed by atoms with Gasteiger partial charge >= 0.3 is 6.03 Å². The minimum absolute atomic E-state index is 0.164. The van der Waals surface area contributed by atoms with E-state index in [1.807, 2.05) is 55.1 Å². The number of nitrogens with one attached hydrogen (secondary N) is 1. The largest absolute Gasteiger partial charge is 0.378 e. The highest BCUT2D eigenvalue weighted by Gasteiger charge is 2.39. The van der Waals surface area contributed by atoms with Crippen LogP contribution in [-0.4, -0.2) is 143 Å². The average molecular weight is 931 g/mol. The molecule has 352 valence electrons. The lowest BCUT2D eigenvalue weighted by molar-refractivity contribution is -0.120. The van der Waals surface area contributed by atoms with Crippen molar-refractivity contribution in [3.05, 3.63) is 96.7 Å². The normalized spacial score (nSPS) is 22.7. The van der Waals surface area contributed by atoms with Crippen LogP contribution in [0.5, 0.6) is 0 Å². The third kappa shape index (κ3) is 7.89. The topological polar surface area (TPSA) is 187 Å². The molecule has 7 aromatic rings. The van der Waals surface area contributed by atoms with Crippen LogP contribution in [-0.2, 0) is 23.1 Å². The molecule has 5 aliphatic rings. The van der Waals surface area contributed by atoms with Crippen LogP contribution >= 0.6 is 0 Å². The summed E-state index contributed by atoms with van der Waals surface area (Å²) < 4.78 is 27.5. The molecule has 1 aliphatic carbocycles. The zero-order chi connectivity index (χ0) is 46.8. The number of urea groups is 1. The molecule has 0 unspecified atom stereocenters. The lowest BCUT2D eigenvalue weighted by Gasteiger charge is -2.50. The van der Waals surface area contributed by atoms with Crippen molar-refractivity contribution in [1.82, 2.24) is 59.2 Å². The fourth-order valence-electron chi connectivity index (χ4n) is 11.2. The van der Waals surface area contributed by atoms with E-state index in [9.17, 15) is 14.9 Å². The van der Waals surface area contributed by atoms with Gasteiger partial charge in [-0.2, -0.15) is 20.6 Å². The van der Waals surface area contributed by atoms with E-state index in [4.69, 9.17) is 19.8 Å². The van der Waals surface area contributed by atoms with E-state index in [-0.39, 0.29) is 42.8 Å². The zero-order valence-corrected chi connectivity index (χ0v) is 38.2. The van der Waals surface area contributed by atoms with E-state index in [2.05, 4.69) is 63.1 Å². The Kier molecular flexibility index (Phi) is 11.0. The van der Waals surface area contributed by atoms with Gasteiger partial charge in [-0.1, -0.05) is 6.07 Å². The van der Waals surface area contributed by atoms with E-state index in [0.717, 1.165) is 81.0 Å². The van der Waals surface area contributed by atoms with Gasteiger partial charge in [0.05, 0.1) is 72.7 Å². The number of imide groups is 1. The summed E-state index contributed by atoms with van der Waals surface area (Å²) in [4.78, 5) is 49.9.